The normalized spacial score (nSPS) is 14.2. The Balaban J connectivity index is 1.86. The highest BCUT2D eigenvalue weighted by Crippen LogP contribution is 2.26. The Bertz CT molecular complexity index is 724. The summed E-state index contributed by atoms with van der Waals surface area (Å²) in [4.78, 5) is 40.3. The molecule has 27 heavy (non-hydrogen) atoms. The molecule has 9 heteroatoms. The van der Waals surface area contributed by atoms with Crippen molar-refractivity contribution in [3.63, 3.8) is 0 Å². The second kappa shape index (κ2) is 11.0. The first-order valence-electron chi connectivity index (χ1n) is 8.63. The molecule has 0 unspecified atom stereocenters. The van der Waals surface area contributed by atoms with E-state index in [0.717, 1.165) is 22.2 Å². The number of benzene rings is 1. The molecule has 0 fully saturated rings. The topological polar surface area (TPSA) is 96.9 Å². The van der Waals surface area contributed by atoms with Gasteiger partial charge in [0.1, 0.15) is 10.4 Å². The van der Waals surface area contributed by atoms with Crippen molar-refractivity contribution in [1.29, 1.82) is 0 Å². The Hall–Kier alpha value is -2.00. The van der Waals surface area contributed by atoms with Gasteiger partial charge in [0.15, 0.2) is 6.61 Å². The zero-order chi connectivity index (χ0) is 19.6. The van der Waals surface area contributed by atoms with Crippen molar-refractivity contribution in [3.8, 4) is 0 Å². The second-order valence-electron chi connectivity index (χ2n) is 5.70. The van der Waals surface area contributed by atoms with Crippen molar-refractivity contribution < 1.29 is 19.1 Å². The maximum Gasteiger partial charge on any atom is 0.338 e. The minimum atomic E-state index is -0.690. The molecule has 1 heterocycles. The van der Waals surface area contributed by atoms with Crippen LogP contribution >= 0.6 is 23.5 Å². The van der Waals surface area contributed by atoms with Crippen molar-refractivity contribution in [2.75, 3.05) is 25.4 Å². The maximum atomic E-state index is 12.4. The molecule has 1 aromatic rings. The summed E-state index contributed by atoms with van der Waals surface area (Å²) in [7, 11) is 0. The molecule has 0 aromatic heterocycles. The van der Waals surface area contributed by atoms with Crippen LogP contribution in [-0.2, 0) is 20.1 Å². The summed E-state index contributed by atoms with van der Waals surface area (Å²) in [6.07, 6.45) is 0. The van der Waals surface area contributed by atoms with Gasteiger partial charge in [-0.15, -0.1) is 0 Å². The first-order valence-corrected chi connectivity index (χ1v) is 10.6. The number of nitrogens with zero attached hydrogens (tertiary/aromatic N) is 1. The van der Waals surface area contributed by atoms with Gasteiger partial charge in [-0.1, -0.05) is 41.7 Å². The molecule has 1 atom stereocenters. The first kappa shape index (κ1) is 21.3. The summed E-state index contributed by atoms with van der Waals surface area (Å²) in [5.41, 5.74) is 1.26. The molecule has 1 aliphatic heterocycles. The lowest BCUT2D eigenvalue weighted by molar-refractivity contribution is -0.130. The minimum Gasteiger partial charge on any atom is -0.452 e. The van der Waals surface area contributed by atoms with E-state index in [0.29, 0.717) is 17.9 Å². The maximum absolute atomic E-state index is 12.4. The number of likely N-dealkylation sites (N-methyl/N-ethyl adjacent to an activating group) is 1. The van der Waals surface area contributed by atoms with E-state index in [-0.39, 0.29) is 5.91 Å². The van der Waals surface area contributed by atoms with E-state index < -0.39 is 24.5 Å². The van der Waals surface area contributed by atoms with Crippen LogP contribution in [0.25, 0.3) is 0 Å². The average Bonchev–Trinajstić information content (AvgIpc) is 3.18. The van der Waals surface area contributed by atoms with E-state index >= 15 is 0 Å². The van der Waals surface area contributed by atoms with E-state index in [1.165, 1.54) is 0 Å². The number of nitrogens with one attached hydrogen (secondary N) is 2. The van der Waals surface area contributed by atoms with Crippen LogP contribution in [0.5, 0.6) is 0 Å². The van der Waals surface area contributed by atoms with Crippen molar-refractivity contribution in [2.45, 2.75) is 25.6 Å². The summed E-state index contributed by atoms with van der Waals surface area (Å²) in [5, 5.41) is 5.11. The number of rotatable bonds is 8. The quantitative estimate of drug-likeness (QED) is 0.636. The molecular weight excluding hydrogens is 386 g/mol. The molecule has 0 saturated heterocycles. The second-order valence-corrected chi connectivity index (χ2v) is 8.01. The number of hydrogen-bond acceptors (Lipinski definition) is 7. The van der Waals surface area contributed by atoms with E-state index in [9.17, 15) is 14.4 Å². The van der Waals surface area contributed by atoms with Crippen LogP contribution in [0, 0.1) is 0 Å². The summed E-state index contributed by atoms with van der Waals surface area (Å²) in [6, 6.07) is 6.46. The molecule has 1 aromatic carbocycles. The summed E-state index contributed by atoms with van der Waals surface area (Å²) in [5.74, 6) is 0.235. The van der Waals surface area contributed by atoms with Crippen LogP contribution in [0.4, 0.5) is 0 Å². The zero-order valence-electron chi connectivity index (χ0n) is 15.3. The Morgan fingerprint density at radius 3 is 2.81 bits per heavy atom. The number of amides is 2. The van der Waals surface area contributed by atoms with Crippen LogP contribution in [0.3, 0.4) is 0 Å². The van der Waals surface area contributed by atoms with E-state index in [2.05, 4.69) is 15.6 Å². The fraction of sp³-hybridized carbons (Fsp3) is 0.444. The van der Waals surface area contributed by atoms with Gasteiger partial charge in [-0.2, -0.15) is 0 Å². The standard InChI is InChI=1S/C18H23N3O4S2/c1-3-19-16(23)12(2)21-15(22)10-25-17(24)14-7-5-4-6-13(14)11-27-18-20-8-9-26-18/h4-7,12H,3,8-11H2,1-2H3,(H,19,23)(H,21,22)/t12-/m0/s1. The van der Waals surface area contributed by atoms with Gasteiger partial charge in [-0.3, -0.25) is 14.6 Å². The highest BCUT2D eigenvalue weighted by atomic mass is 32.2. The lowest BCUT2D eigenvalue weighted by Gasteiger charge is -2.14. The molecule has 0 spiro atoms. The molecule has 7 nitrogen and oxygen atoms in total. The van der Waals surface area contributed by atoms with Gasteiger partial charge in [0.05, 0.1) is 12.1 Å². The van der Waals surface area contributed by atoms with Crippen LogP contribution < -0.4 is 10.6 Å². The largest absolute Gasteiger partial charge is 0.452 e. The highest BCUT2D eigenvalue weighted by molar-refractivity contribution is 8.38. The SMILES string of the molecule is CCNC(=O)[C@H](C)NC(=O)COC(=O)c1ccccc1CSC1=NCCS1. The van der Waals surface area contributed by atoms with Gasteiger partial charge in [0, 0.05) is 18.1 Å². The monoisotopic (exact) mass is 409 g/mol. The van der Waals surface area contributed by atoms with Gasteiger partial charge >= 0.3 is 5.97 Å². The first-order chi connectivity index (χ1) is 13.0. The lowest BCUT2D eigenvalue weighted by atomic mass is 10.1. The molecule has 0 saturated carbocycles. The Kier molecular flexibility index (Phi) is 8.66. The molecular formula is C18H23N3O4S2. The predicted octanol–water partition coefficient (Wildman–Crippen LogP) is 1.82. The Morgan fingerprint density at radius 2 is 2.11 bits per heavy atom. The molecule has 2 N–H and O–H groups in total. The number of ether oxygens (including phenoxy) is 1. The van der Waals surface area contributed by atoms with E-state index in [1.54, 1.807) is 49.5 Å². The Labute approximate surface area is 167 Å². The minimum absolute atomic E-state index is 0.285. The molecule has 0 bridgehead atoms. The number of thioether (sulfide) groups is 2. The van der Waals surface area contributed by atoms with Gasteiger partial charge < -0.3 is 15.4 Å². The van der Waals surface area contributed by atoms with E-state index in [4.69, 9.17) is 4.74 Å². The fourth-order valence-corrected chi connectivity index (χ4v) is 4.29. The Morgan fingerprint density at radius 1 is 1.33 bits per heavy atom. The number of carbonyl (C=O) groups is 3. The van der Waals surface area contributed by atoms with Crippen LogP contribution in [0.15, 0.2) is 29.3 Å². The third-order valence-corrected chi connectivity index (χ3v) is 5.90. The van der Waals surface area contributed by atoms with Crippen molar-refractivity contribution in [1.82, 2.24) is 10.6 Å². The highest BCUT2D eigenvalue weighted by Gasteiger charge is 2.18. The molecule has 146 valence electrons. The molecule has 0 aliphatic carbocycles. The summed E-state index contributed by atoms with van der Waals surface area (Å²) >= 11 is 3.30. The van der Waals surface area contributed by atoms with Gasteiger partial charge in [-0.05, 0) is 25.5 Å². The van der Waals surface area contributed by atoms with Crippen molar-refractivity contribution in [3.05, 3.63) is 35.4 Å². The molecule has 0 radical (unpaired) electrons. The number of aliphatic imine (C=N–C) groups is 1. The van der Waals surface area contributed by atoms with Crippen LogP contribution in [-0.4, -0.2) is 53.7 Å². The zero-order valence-corrected chi connectivity index (χ0v) is 17.0. The van der Waals surface area contributed by atoms with Crippen molar-refractivity contribution in [2.24, 2.45) is 4.99 Å². The molecule has 1 aliphatic rings. The smallest absolute Gasteiger partial charge is 0.338 e. The van der Waals surface area contributed by atoms with E-state index in [1.807, 2.05) is 12.1 Å². The van der Waals surface area contributed by atoms with Gasteiger partial charge in [0.2, 0.25) is 5.91 Å². The van der Waals surface area contributed by atoms with Gasteiger partial charge in [0.25, 0.3) is 5.91 Å². The lowest BCUT2D eigenvalue weighted by Crippen LogP contribution is -2.46. The van der Waals surface area contributed by atoms with Crippen molar-refractivity contribution >= 4 is 45.7 Å². The molecule has 2 amide bonds. The van der Waals surface area contributed by atoms with Crippen LogP contribution in [0.2, 0.25) is 0 Å². The average molecular weight is 410 g/mol. The summed E-state index contributed by atoms with van der Waals surface area (Å²) in [6.45, 7) is 4.24. The third kappa shape index (κ3) is 6.91. The molecule has 2 rings (SSSR count). The number of hydrogen-bond donors (Lipinski definition) is 2. The predicted molar refractivity (Wildman–Crippen MR) is 109 cm³/mol. The fourth-order valence-electron chi connectivity index (χ4n) is 2.27. The number of esters is 1. The van der Waals surface area contributed by atoms with Gasteiger partial charge in [-0.25, -0.2) is 4.79 Å². The van der Waals surface area contributed by atoms with Crippen LogP contribution in [0.1, 0.15) is 29.8 Å². The summed E-state index contributed by atoms with van der Waals surface area (Å²) < 4.78 is 6.14. The number of carbonyl (C=O) groups excluding carboxylic acids is 3. The third-order valence-electron chi connectivity index (χ3n) is 3.60.